The van der Waals surface area contributed by atoms with E-state index in [9.17, 15) is 4.79 Å². The fourth-order valence-corrected chi connectivity index (χ4v) is 2.31. The number of carbonyl (C=O) groups excluding carboxylic acids is 1. The van der Waals surface area contributed by atoms with E-state index in [-0.39, 0.29) is 18.5 Å². The van der Waals surface area contributed by atoms with Gasteiger partial charge in [0.15, 0.2) is 0 Å². The lowest BCUT2D eigenvalue weighted by molar-refractivity contribution is -0.115. The fourth-order valence-electron chi connectivity index (χ4n) is 2.04. The molecule has 0 bridgehead atoms. The lowest BCUT2D eigenvalue weighted by Crippen LogP contribution is -2.30. The topological polar surface area (TPSA) is 41.1 Å². The second-order valence-electron chi connectivity index (χ2n) is 5.07. The minimum atomic E-state index is -0.0374. The average Bonchev–Trinajstić information content (AvgIpc) is 2.45. The highest BCUT2D eigenvalue weighted by Gasteiger charge is 2.08. The van der Waals surface area contributed by atoms with Crippen molar-refractivity contribution in [2.45, 2.75) is 19.9 Å². The van der Waals surface area contributed by atoms with E-state index < -0.39 is 0 Å². The lowest BCUT2D eigenvalue weighted by Gasteiger charge is -2.14. The van der Waals surface area contributed by atoms with E-state index in [0.29, 0.717) is 0 Å². The smallest absolute Gasteiger partial charge is 0.238 e. The SMILES string of the molecule is Cc1cccc(NC(=O)CN[C@@H](C)c2ccc(Br)cc2)c1. The van der Waals surface area contributed by atoms with Gasteiger partial charge in [0, 0.05) is 16.2 Å². The molecule has 0 radical (unpaired) electrons. The molecule has 1 atom stereocenters. The minimum Gasteiger partial charge on any atom is -0.325 e. The zero-order valence-electron chi connectivity index (χ0n) is 12.2. The molecule has 0 saturated carbocycles. The molecule has 1 amide bonds. The minimum absolute atomic E-state index is 0.0374. The summed E-state index contributed by atoms with van der Waals surface area (Å²) in [7, 11) is 0. The van der Waals surface area contributed by atoms with Gasteiger partial charge in [0.1, 0.15) is 0 Å². The summed E-state index contributed by atoms with van der Waals surface area (Å²) in [5, 5.41) is 6.12. The van der Waals surface area contributed by atoms with Crippen LogP contribution in [0.5, 0.6) is 0 Å². The van der Waals surface area contributed by atoms with Crippen LogP contribution >= 0.6 is 15.9 Å². The van der Waals surface area contributed by atoms with E-state index in [1.807, 2.05) is 62.4 Å². The Morgan fingerprint density at radius 2 is 1.90 bits per heavy atom. The molecular weight excluding hydrogens is 328 g/mol. The highest BCUT2D eigenvalue weighted by molar-refractivity contribution is 9.10. The van der Waals surface area contributed by atoms with Crippen molar-refractivity contribution < 1.29 is 4.79 Å². The highest BCUT2D eigenvalue weighted by Crippen LogP contribution is 2.16. The van der Waals surface area contributed by atoms with Crippen LogP contribution in [-0.2, 0) is 4.79 Å². The molecule has 0 fully saturated rings. The summed E-state index contributed by atoms with van der Waals surface area (Å²) in [5.41, 5.74) is 3.11. The molecule has 2 rings (SSSR count). The number of amides is 1. The van der Waals surface area contributed by atoms with Gasteiger partial charge < -0.3 is 10.6 Å². The number of halogens is 1. The molecule has 0 aliphatic carbocycles. The average molecular weight is 347 g/mol. The number of benzene rings is 2. The van der Waals surface area contributed by atoms with E-state index in [0.717, 1.165) is 21.3 Å². The monoisotopic (exact) mass is 346 g/mol. The molecule has 0 saturated heterocycles. The molecule has 0 aromatic heterocycles. The third-order valence-electron chi connectivity index (χ3n) is 3.24. The molecule has 0 spiro atoms. The van der Waals surface area contributed by atoms with Crippen LogP contribution < -0.4 is 10.6 Å². The fraction of sp³-hybridized carbons (Fsp3) is 0.235. The number of nitrogens with one attached hydrogen (secondary N) is 2. The normalized spacial score (nSPS) is 12.0. The van der Waals surface area contributed by atoms with Crippen molar-refractivity contribution in [2.75, 3.05) is 11.9 Å². The number of hydrogen-bond acceptors (Lipinski definition) is 2. The van der Waals surface area contributed by atoms with Gasteiger partial charge in [-0.1, -0.05) is 40.2 Å². The van der Waals surface area contributed by atoms with Crippen LogP contribution in [0.4, 0.5) is 5.69 Å². The van der Waals surface area contributed by atoms with Crippen molar-refractivity contribution in [3.05, 3.63) is 64.1 Å². The Hall–Kier alpha value is -1.65. The molecule has 2 aromatic rings. The summed E-state index contributed by atoms with van der Waals surface area (Å²) in [6.07, 6.45) is 0. The molecule has 0 heterocycles. The second kappa shape index (κ2) is 7.38. The van der Waals surface area contributed by atoms with Crippen molar-refractivity contribution in [1.29, 1.82) is 0 Å². The summed E-state index contributed by atoms with van der Waals surface area (Å²) < 4.78 is 1.05. The first-order valence-electron chi connectivity index (χ1n) is 6.90. The molecule has 110 valence electrons. The third-order valence-corrected chi connectivity index (χ3v) is 3.77. The van der Waals surface area contributed by atoms with Crippen LogP contribution in [0.2, 0.25) is 0 Å². The molecular formula is C17H19BrN2O. The van der Waals surface area contributed by atoms with Gasteiger partial charge in [-0.05, 0) is 49.2 Å². The quantitative estimate of drug-likeness (QED) is 0.857. The van der Waals surface area contributed by atoms with E-state index in [4.69, 9.17) is 0 Å². The first-order valence-corrected chi connectivity index (χ1v) is 7.69. The molecule has 0 unspecified atom stereocenters. The van der Waals surface area contributed by atoms with Crippen LogP contribution in [0, 0.1) is 6.92 Å². The summed E-state index contributed by atoms with van der Waals surface area (Å²) in [5.74, 6) is -0.0374. The Kier molecular flexibility index (Phi) is 5.53. The van der Waals surface area contributed by atoms with Gasteiger partial charge in [0.2, 0.25) is 5.91 Å². The van der Waals surface area contributed by atoms with Crippen molar-refractivity contribution in [3.8, 4) is 0 Å². The maximum Gasteiger partial charge on any atom is 0.238 e. The van der Waals surface area contributed by atoms with Crippen molar-refractivity contribution >= 4 is 27.5 Å². The van der Waals surface area contributed by atoms with E-state index in [1.165, 1.54) is 0 Å². The number of rotatable bonds is 5. The Bertz CT molecular complexity index is 610. The van der Waals surface area contributed by atoms with E-state index in [2.05, 4.69) is 26.6 Å². The Morgan fingerprint density at radius 3 is 2.57 bits per heavy atom. The van der Waals surface area contributed by atoms with Crippen LogP contribution in [0.25, 0.3) is 0 Å². The summed E-state index contributed by atoms with van der Waals surface area (Å²) in [6.45, 7) is 4.33. The third kappa shape index (κ3) is 4.99. The summed E-state index contributed by atoms with van der Waals surface area (Å²) >= 11 is 3.42. The van der Waals surface area contributed by atoms with Gasteiger partial charge in [0.05, 0.1) is 6.54 Å². The summed E-state index contributed by atoms with van der Waals surface area (Å²) in [4.78, 5) is 11.9. The number of anilines is 1. The lowest BCUT2D eigenvalue weighted by atomic mass is 10.1. The highest BCUT2D eigenvalue weighted by atomic mass is 79.9. The Balaban J connectivity index is 1.84. The van der Waals surface area contributed by atoms with Crippen molar-refractivity contribution in [3.63, 3.8) is 0 Å². The predicted molar refractivity (Wildman–Crippen MR) is 90.4 cm³/mol. The Labute approximate surface area is 133 Å². The molecule has 2 aromatic carbocycles. The zero-order valence-corrected chi connectivity index (χ0v) is 13.8. The van der Waals surface area contributed by atoms with Gasteiger partial charge in [-0.25, -0.2) is 0 Å². The first kappa shape index (κ1) is 15.7. The van der Waals surface area contributed by atoms with Gasteiger partial charge in [-0.15, -0.1) is 0 Å². The Morgan fingerprint density at radius 1 is 1.19 bits per heavy atom. The molecule has 3 nitrogen and oxygen atoms in total. The van der Waals surface area contributed by atoms with Gasteiger partial charge in [0.25, 0.3) is 0 Å². The van der Waals surface area contributed by atoms with Gasteiger partial charge >= 0.3 is 0 Å². The molecule has 2 N–H and O–H groups in total. The van der Waals surface area contributed by atoms with Crippen LogP contribution in [0.3, 0.4) is 0 Å². The van der Waals surface area contributed by atoms with Gasteiger partial charge in [-0.2, -0.15) is 0 Å². The van der Waals surface area contributed by atoms with E-state index in [1.54, 1.807) is 0 Å². The second-order valence-corrected chi connectivity index (χ2v) is 5.99. The first-order chi connectivity index (χ1) is 10.0. The van der Waals surface area contributed by atoms with Gasteiger partial charge in [-0.3, -0.25) is 4.79 Å². The van der Waals surface area contributed by atoms with Crippen LogP contribution in [0.15, 0.2) is 53.0 Å². The maximum atomic E-state index is 11.9. The standard InChI is InChI=1S/C17H19BrN2O/c1-12-4-3-5-16(10-12)20-17(21)11-19-13(2)14-6-8-15(18)9-7-14/h3-10,13,19H,11H2,1-2H3,(H,20,21)/t13-/m0/s1. The molecule has 0 aliphatic heterocycles. The van der Waals surface area contributed by atoms with E-state index >= 15 is 0 Å². The number of carbonyl (C=O) groups is 1. The largest absolute Gasteiger partial charge is 0.325 e. The molecule has 4 heteroatoms. The summed E-state index contributed by atoms with van der Waals surface area (Å²) in [6, 6.07) is 16.0. The number of aryl methyl sites for hydroxylation is 1. The van der Waals surface area contributed by atoms with Crippen LogP contribution in [-0.4, -0.2) is 12.5 Å². The van der Waals surface area contributed by atoms with Crippen LogP contribution in [0.1, 0.15) is 24.1 Å². The van der Waals surface area contributed by atoms with Crippen molar-refractivity contribution in [2.24, 2.45) is 0 Å². The zero-order chi connectivity index (χ0) is 15.2. The maximum absolute atomic E-state index is 11.9. The molecule has 0 aliphatic rings. The predicted octanol–water partition coefficient (Wildman–Crippen LogP) is 4.05. The molecule has 21 heavy (non-hydrogen) atoms. The number of hydrogen-bond donors (Lipinski definition) is 2. The van der Waals surface area contributed by atoms with Crippen molar-refractivity contribution in [1.82, 2.24) is 5.32 Å².